The van der Waals surface area contributed by atoms with Gasteiger partial charge in [-0.25, -0.2) is 0 Å². The van der Waals surface area contributed by atoms with E-state index in [-0.39, 0.29) is 36.9 Å². The first-order chi connectivity index (χ1) is 15.2. The Bertz CT molecular complexity index is 882. The summed E-state index contributed by atoms with van der Waals surface area (Å²) in [7, 11) is -0.735. The molecule has 3 aromatic rings. The van der Waals surface area contributed by atoms with Crippen molar-refractivity contribution in [1.29, 1.82) is 0 Å². The number of hydrogen-bond donors (Lipinski definition) is 0. The Morgan fingerprint density at radius 1 is 0.531 bits per heavy atom. The molecule has 5 heteroatoms. The average molecular weight is 562 g/mol. The van der Waals surface area contributed by atoms with Crippen LogP contribution in [-0.2, 0) is 25.7 Å². The fourth-order valence-electron chi connectivity index (χ4n) is 3.95. The van der Waals surface area contributed by atoms with Gasteiger partial charge in [0.1, 0.15) is 0 Å². The van der Waals surface area contributed by atoms with Crippen molar-refractivity contribution in [2.75, 3.05) is 24.6 Å². The summed E-state index contributed by atoms with van der Waals surface area (Å²) in [6, 6.07) is 29.9. The molecule has 0 radical (unpaired) electrons. The van der Waals surface area contributed by atoms with Gasteiger partial charge in [-0.05, 0) is 59.1 Å². The molecule has 0 spiro atoms. The van der Waals surface area contributed by atoms with E-state index in [0.29, 0.717) is 0 Å². The Labute approximate surface area is 213 Å². The van der Waals surface area contributed by atoms with Gasteiger partial charge in [-0.15, -0.1) is 0 Å². The van der Waals surface area contributed by atoms with Crippen molar-refractivity contribution < 1.29 is 25.7 Å². The molecule has 0 bridgehead atoms. The molecule has 168 valence electrons. The van der Waals surface area contributed by atoms with Gasteiger partial charge < -0.3 is 0 Å². The summed E-state index contributed by atoms with van der Waals surface area (Å²) in [5.41, 5.74) is 0. The predicted octanol–water partition coefficient (Wildman–Crippen LogP) is 5.70. The van der Waals surface area contributed by atoms with Gasteiger partial charge in [0.2, 0.25) is 0 Å². The third-order valence-electron chi connectivity index (χ3n) is 5.47. The van der Waals surface area contributed by atoms with Gasteiger partial charge in [0, 0.05) is 21.1 Å². The first-order valence-electron chi connectivity index (χ1n) is 11.0. The van der Waals surface area contributed by atoms with E-state index in [1.54, 1.807) is 21.2 Å². The Morgan fingerprint density at radius 3 is 1.19 bits per heavy atom. The molecule has 1 nitrogen and oxygen atoms in total. The molecule has 0 unspecified atom stereocenters. The summed E-state index contributed by atoms with van der Waals surface area (Å²) >= 11 is 0. The van der Waals surface area contributed by atoms with Crippen molar-refractivity contribution in [3.8, 4) is 0 Å². The molecule has 3 aromatic carbocycles. The van der Waals surface area contributed by atoms with Crippen molar-refractivity contribution in [1.82, 2.24) is 0 Å². The van der Waals surface area contributed by atoms with Crippen LogP contribution in [0.1, 0.15) is 27.7 Å². The summed E-state index contributed by atoms with van der Waals surface area (Å²) < 4.78 is 7.50. The van der Waals surface area contributed by atoms with Crippen molar-refractivity contribution in [2.45, 2.75) is 27.7 Å². The topological polar surface area (TPSA) is 19.9 Å². The second kappa shape index (κ2) is 16.1. The molecule has 0 aliphatic rings. The molecule has 0 saturated carbocycles. The van der Waals surface area contributed by atoms with Gasteiger partial charge in [0.25, 0.3) is 0 Å². The Morgan fingerprint density at radius 2 is 0.844 bits per heavy atom. The van der Waals surface area contributed by atoms with E-state index < -0.39 is 7.92 Å². The van der Waals surface area contributed by atoms with Crippen LogP contribution in [0.25, 0.3) is 0 Å². The smallest absolute Gasteiger partial charge is 0 e. The fourth-order valence-corrected chi connectivity index (χ4v) is 11.4. The van der Waals surface area contributed by atoms with Crippen molar-refractivity contribution in [2.24, 2.45) is 0 Å². The van der Waals surface area contributed by atoms with Crippen LogP contribution in [0.2, 0.25) is 0 Å². The molecule has 0 aromatic heterocycles. The maximum Gasteiger partial charge on any atom is 0 e. The van der Waals surface area contributed by atoms with Gasteiger partial charge in [-0.3, -0.25) is 0 Å². The molecule has 0 saturated heterocycles. The van der Waals surface area contributed by atoms with E-state index >= 15 is 0 Å². The van der Waals surface area contributed by atoms with Crippen LogP contribution in [0.3, 0.4) is 0 Å². The van der Waals surface area contributed by atoms with Gasteiger partial charge >= 0.3 is 11.3 Å². The summed E-state index contributed by atoms with van der Waals surface area (Å²) in [6.45, 7) is 13.9. The molecule has 0 aliphatic carbocycles. The minimum Gasteiger partial charge on any atom is 0 e. The first kappa shape index (κ1) is 29.4. The molecule has 0 fully saturated rings. The van der Waals surface area contributed by atoms with Crippen molar-refractivity contribution >= 4 is 50.3 Å². The normalized spacial score (nSPS) is 10.5. The van der Waals surface area contributed by atoms with Crippen molar-refractivity contribution in [3.05, 3.63) is 85.5 Å². The molecule has 3 rings (SSSR count). The summed E-state index contributed by atoms with van der Waals surface area (Å²) in [6.07, 6.45) is 5.05. The van der Waals surface area contributed by atoms with Gasteiger partial charge in [0.05, 0.1) is 0 Å². The number of hydrogen-bond acceptors (Lipinski definition) is 0. The SMILES string of the molecule is CCP(CC)c1ccccc1P(c1ccccc1)c1ccccc1P(CC)CC.[C-]#[O+].[Mo]. The molecular formula is C27H33MoOP3. The second-order valence-corrected chi connectivity index (χ2v) is 14.8. The Kier molecular flexibility index (Phi) is 14.8. The van der Waals surface area contributed by atoms with Crippen LogP contribution >= 0.6 is 23.8 Å². The Balaban J connectivity index is 0.00000166. The predicted molar refractivity (Wildman–Crippen MR) is 144 cm³/mol. The first-order valence-corrected chi connectivity index (χ1v) is 15.7. The van der Waals surface area contributed by atoms with Crippen LogP contribution in [0.5, 0.6) is 0 Å². The summed E-state index contributed by atoms with van der Waals surface area (Å²) in [5, 5.41) is 7.88. The quantitative estimate of drug-likeness (QED) is 0.138. The molecule has 0 heterocycles. The largest absolute Gasteiger partial charge is 0 e. The van der Waals surface area contributed by atoms with Crippen LogP contribution < -0.4 is 26.5 Å². The van der Waals surface area contributed by atoms with E-state index in [1.165, 1.54) is 30.0 Å². The summed E-state index contributed by atoms with van der Waals surface area (Å²) in [4.78, 5) is 0. The molecule has 0 atom stereocenters. The maximum absolute atomic E-state index is 7.50. The third-order valence-corrected chi connectivity index (χ3v) is 13.6. The molecule has 0 amide bonds. The third kappa shape index (κ3) is 7.19. The van der Waals surface area contributed by atoms with Crippen LogP contribution in [0, 0.1) is 6.65 Å². The van der Waals surface area contributed by atoms with Crippen LogP contribution in [0.15, 0.2) is 78.9 Å². The van der Waals surface area contributed by atoms with E-state index in [9.17, 15) is 0 Å². The van der Waals surface area contributed by atoms with Crippen LogP contribution in [-0.4, -0.2) is 24.6 Å². The van der Waals surface area contributed by atoms with E-state index in [0.717, 1.165) is 0 Å². The minimum absolute atomic E-state index is 0. The zero-order chi connectivity index (χ0) is 22.6. The minimum atomic E-state index is -0.543. The standard InChI is InChI=1S/C26H33P3.CO.Mo/c1-5-27(6-2)23-18-12-14-20-25(23)29(22-16-10-9-11-17-22)26-21-15-13-19-24(26)28(7-3)8-4;1-2;/h9-21H,5-8H2,1-4H3;;. The molecule has 0 N–H and O–H groups in total. The van der Waals surface area contributed by atoms with E-state index in [4.69, 9.17) is 4.65 Å². The monoisotopic (exact) mass is 564 g/mol. The molecular weight excluding hydrogens is 529 g/mol. The van der Waals surface area contributed by atoms with E-state index in [2.05, 4.69) is 113 Å². The fraction of sp³-hybridized carbons (Fsp3) is 0.296. The number of rotatable bonds is 9. The zero-order valence-electron chi connectivity index (χ0n) is 19.5. The average Bonchev–Trinajstić information content (AvgIpc) is 2.85. The molecule has 0 aliphatic heterocycles. The maximum atomic E-state index is 7.50. The Hall–Kier alpha value is -0.622. The molecule has 32 heavy (non-hydrogen) atoms. The van der Waals surface area contributed by atoms with Crippen LogP contribution in [0.4, 0.5) is 0 Å². The van der Waals surface area contributed by atoms with Crippen molar-refractivity contribution in [3.63, 3.8) is 0 Å². The van der Waals surface area contributed by atoms with Gasteiger partial charge in [-0.2, -0.15) is 0 Å². The zero-order valence-corrected chi connectivity index (χ0v) is 24.2. The van der Waals surface area contributed by atoms with E-state index in [1.807, 2.05) is 0 Å². The second-order valence-electron chi connectivity index (χ2n) is 6.99. The summed E-state index contributed by atoms with van der Waals surface area (Å²) in [5.74, 6) is 0. The number of benzene rings is 3. The van der Waals surface area contributed by atoms with Gasteiger partial charge in [0.15, 0.2) is 0 Å². The van der Waals surface area contributed by atoms with Gasteiger partial charge in [-0.1, -0.05) is 122 Å².